The molecule has 0 fully saturated rings. The van der Waals surface area contributed by atoms with Gasteiger partial charge in [0.15, 0.2) is 0 Å². The lowest BCUT2D eigenvalue weighted by Gasteiger charge is -2.07. The minimum absolute atomic E-state index is 0.215. The highest BCUT2D eigenvalue weighted by Crippen LogP contribution is 2.23. The zero-order valence-electron chi connectivity index (χ0n) is 10.6. The van der Waals surface area contributed by atoms with Gasteiger partial charge in [0.05, 0.1) is 20.5 Å². The summed E-state index contributed by atoms with van der Waals surface area (Å²) in [5, 5.41) is 0. The van der Waals surface area contributed by atoms with Crippen molar-refractivity contribution >= 4 is 45.2 Å². The molecule has 0 atom stereocenters. The average Bonchev–Trinajstić information content (AvgIpc) is 2.73. The van der Waals surface area contributed by atoms with Crippen LogP contribution in [0.3, 0.4) is 0 Å². The number of halogens is 3. The molecule has 0 N–H and O–H groups in total. The lowest BCUT2D eigenvalue weighted by atomic mass is 10.3. The third-order valence-corrected chi connectivity index (χ3v) is 4.03. The Morgan fingerprint density at radius 1 is 1.42 bits per heavy atom. The Labute approximate surface area is 130 Å². The molecule has 0 aliphatic carbocycles. The van der Waals surface area contributed by atoms with E-state index in [1.807, 2.05) is 27.2 Å². The number of aryl methyl sites for hydroxylation is 1. The number of fused-ring (bicyclic) bond motifs is 1. The van der Waals surface area contributed by atoms with Gasteiger partial charge in [-0.1, -0.05) is 0 Å². The lowest BCUT2D eigenvalue weighted by molar-refractivity contribution is 0.191. The highest BCUT2D eigenvalue weighted by molar-refractivity contribution is 14.1. The van der Waals surface area contributed by atoms with Crippen LogP contribution in [0.5, 0.6) is 0 Å². The monoisotopic (exact) mass is 396 g/mol. The van der Waals surface area contributed by atoms with Crippen molar-refractivity contribution in [1.29, 1.82) is 0 Å². The summed E-state index contributed by atoms with van der Waals surface area (Å²) >= 11 is 7.89. The molecule has 0 spiro atoms. The third-order valence-electron chi connectivity index (χ3n) is 2.97. The fourth-order valence-electron chi connectivity index (χ4n) is 2.04. The molecule has 2 aromatic rings. The van der Waals surface area contributed by atoms with Gasteiger partial charge >= 0.3 is 0 Å². The number of rotatable bonds is 6. The van der Waals surface area contributed by atoms with Crippen LogP contribution in [0.2, 0.25) is 0 Å². The molecule has 0 bridgehead atoms. The number of alkyl halides is 1. The average molecular weight is 397 g/mol. The maximum absolute atomic E-state index is 13.7. The molecule has 0 saturated carbocycles. The van der Waals surface area contributed by atoms with Crippen molar-refractivity contribution in [2.75, 3.05) is 13.7 Å². The standard InChI is InChI=1S/C13H15ClFIN2O/c1-19-5-3-2-4-18-12-6-9(15)10(16)7-11(12)17-13(18)8-14/h6-7H,2-5,8H2,1H3. The first-order valence-corrected chi connectivity index (χ1v) is 7.67. The van der Waals surface area contributed by atoms with Crippen LogP contribution in [-0.2, 0) is 17.2 Å². The van der Waals surface area contributed by atoms with Gasteiger partial charge in [0, 0.05) is 26.3 Å². The van der Waals surface area contributed by atoms with Crippen LogP contribution in [-0.4, -0.2) is 23.3 Å². The molecule has 1 aromatic heterocycles. The van der Waals surface area contributed by atoms with Gasteiger partial charge in [0.2, 0.25) is 0 Å². The van der Waals surface area contributed by atoms with E-state index in [9.17, 15) is 4.39 Å². The Hall–Kier alpha value is -0.400. The van der Waals surface area contributed by atoms with Crippen LogP contribution >= 0.6 is 34.2 Å². The van der Waals surface area contributed by atoms with Gasteiger partial charge in [-0.05, 0) is 41.5 Å². The van der Waals surface area contributed by atoms with E-state index in [1.165, 1.54) is 6.07 Å². The van der Waals surface area contributed by atoms with Crippen LogP contribution in [0, 0.1) is 9.39 Å². The number of hydrogen-bond acceptors (Lipinski definition) is 2. The third kappa shape index (κ3) is 3.38. The van der Waals surface area contributed by atoms with Crippen LogP contribution < -0.4 is 0 Å². The fraction of sp³-hybridized carbons (Fsp3) is 0.462. The maximum atomic E-state index is 13.7. The van der Waals surface area contributed by atoms with Crippen molar-refractivity contribution in [1.82, 2.24) is 9.55 Å². The van der Waals surface area contributed by atoms with Gasteiger partial charge in [-0.15, -0.1) is 11.6 Å². The van der Waals surface area contributed by atoms with E-state index in [0.717, 1.165) is 42.9 Å². The van der Waals surface area contributed by atoms with Gasteiger partial charge in [-0.2, -0.15) is 0 Å². The molecule has 19 heavy (non-hydrogen) atoms. The number of imidazole rings is 1. The first-order chi connectivity index (χ1) is 9.17. The second-order valence-electron chi connectivity index (χ2n) is 4.27. The largest absolute Gasteiger partial charge is 0.385 e. The lowest BCUT2D eigenvalue weighted by Crippen LogP contribution is -2.04. The molecule has 1 heterocycles. The van der Waals surface area contributed by atoms with Crippen molar-refractivity contribution in [3.63, 3.8) is 0 Å². The van der Waals surface area contributed by atoms with Gasteiger partial charge in [0.1, 0.15) is 11.6 Å². The maximum Gasteiger partial charge on any atom is 0.138 e. The molecular weight excluding hydrogens is 382 g/mol. The first kappa shape index (κ1) is 15.0. The molecule has 1 aromatic carbocycles. The predicted molar refractivity (Wildman–Crippen MR) is 83.1 cm³/mol. The van der Waals surface area contributed by atoms with Crippen LogP contribution in [0.25, 0.3) is 11.0 Å². The second kappa shape index (κ2) is 6.85. The summed E-state index contributed by atoms with van der Waals surface area (Å²) in [5.74, 6) is 0.903. The number of ether oxygens (including phenoxy) is 1. The molecule has 0 saturated heterocycles. The molecular formula is C13H15ClFIN2O. The Morgan fingerprint density at radius 3 is 2.89 bits per heavy atom. The summed E-state index contributed by atoms with van der Waals surface area (Å²) in [6.45, 7) is 1.51. The van der Waals surface area contributed by atoms with Crippen molar-refractivity contribution < 1.29 is 9.13 Å². The van der Waals surface area contributed by atoms with E-state index in [4.69, 9.17) is 16.3 Å². The zero-order valence-corrected chi connectivity index (χ0v) is 13.5. The fourth-order valence-corrected chi connectivity index (χ4v) is 2.69. The molecule has 0 aliphatic rings. The van der Waals surface area contributed by atoms with Crippen LogP contribution in [0.1, 0.15) is 18.7 Å². The summed E-state index contributed by atoms with van der Waals surface area (Å²) < 4.78 is 21.3. The van der Waals surface area contributed by atoms with E-state index in [2.05, 4.69) is 4.98 Å². The number of benzene rings is 1. The van der Waals surface area contributed by atoms with E-state index in [0.29, 0.717) is 9.45 Å². The SMILES string of the molecule is COCCCCn1c(CCl)nc2cc(I)c(F)cc21. The van der Waals surface area contributed by atoms with Crippen molar-refractivity contribution in [2.24, 2.45) is 0 Å². The summed E-state index contributed by atoms with van der Waals surface area (Å²) in [6, 6.07) is 3.30. The van der Waals surface area contributed by atoms with Crippen molar-refractivity contribution in [3.05, 3.63) is 27.3 Å². The minimum atomic E-state index is -0.215. The molecule has 0 amide bonds. The van der Waals surface area contributed by atoms with Crippen LogP contribution in [0.4, 0.5) is 4.39 Å². The Balaban J connectivity index is 2.31. The molecule has 2 rings (SSSR count). The summed E-state index contributed by atoms with van der Waals surface area (Å²) in [5.41, 5.74) is 1.61. The molecule has 6 heteroatoms. The molecule has 3 nitrogen and oxygen atoms in total. The number of aromatic nitrogens is 2. The summed E-state index contributed by atoms with van der Waals surface area (Å²) in [7, 11) is 1.69. The topological polar surface area (TPSA) is 27.1 Å². The molecule has 0 aliphatic heterocycles. The van der Waals surface area contributed by atoms with Gasteiger partial charge < -0.3 is 9.30 Å². The predicted octanol–water partition coefficient (Wildman–Crippen LogP) is 3.95. The van der Waals surface area contributed by atoms with Gasteiger partial charge in [-0.3, -0.25) is 0 Å². The Kier molecular flexibility index (Phi) is 5.41. The smallest absolute Gasteiger partial charge is 0.138 e. The van der Waals surface area contributed by atoms with E-state index < -0.39 is 0 Å². The van der Waals surface area contributed by atoms with E-state index >= 15 is 0 Å². The van der Waals surface area contributed by atoms with Gasteiger partial charge in [0.25, 0.3) is 0 Å². The van der Waals surface area contributed by atoms with Crippen molar-refractivity contribution in [3.8, 4) is 0 Å². The Morgan fingerprint density at radius 2 is 2.21 bits per heavy atom. The second-order valence-corrected chi connectivity index (χ2v) is 5.70. The van der Waals surface area contributed by atoms with E-state index in [1.54, 1.807) is 13.2 Å². The number of methoxy groups -OCH3 is 1. The number of nitrogens with zero attached hydrogens (tertiary/aromatic N) is 2. The first-order valence-electron chi connectivity index (χ1n) is 6.06. The normalized spacial score (nSPS) is 11.4. The minimum Gasteiger partial charge on any atom is -0.385 e. The number of unbranched alkanes of at least 4 members (excludes halogenated alkanes) is 1. The Bertz CT molecular complexity index is 573. The molecule has 0 radical (unpaired) electrons. The van der Waals surface area contributed by atoms with Crippen LogP contribution in [0.15, 0.2) is 12.1 Å². The quantitative estimate of drug-likeness (QED) is 0.420. The zero-order chi connectivity index (χ0) is 13.8. The van der Waals surface area contributed by atoms with E-state index in [-0.39, 0.29) is 5.82 Å². The summed E-state index contributed by atoms with van der Waals surface area (Å²) in [6.07, 6.45) is 1.92. The molecule has 104 valence electrons. The number of hydrogen-bond donors (Lipinski definition) is 0. The summed E-state index contributed by atoms with van der Waals surface area (Å²) in [4.78, 5) is 4.46. The molecule has 0 unspecified atom stereocenters. The highest BCUT2D eigenvalue weighted by Gasteiger charge is 2.12. The highest BCUT2D eigenvalue weighted by atomic mass is 127. The van der Waals surface area contributed by atoms with Gasteiger partial charge in [-0.25, -0.2) is 9.37 Å². The van der Waals surface area contributed by atoms with Crippen molar-refractivity contribution in [2.45, 2.75) is 25.3 Å².